The third kappa shape index (κ3) is 3.30. The summed E-state index contributed by atoms with van der Waals surface area (Å²) in [6.07, 6.45) is 5.10. The molecule has 0 radical (unpaired) electrons. The zero-order chi connectivity index (χ0) is 18.1. The van der Waals surface area contributed by atoms with Crippen LogP contribution in [0, 0.1) is 6.92 Å². The van der Waals surface area contributed by atoms with Gasteiger partial charge in [-0.3, -0.25) is 4.79 Å². The Kier molecular flexibility index (Phi) is 4.87. The van der Waals surface area contributed by atoms with Gasteiger partial charge in [0, 0.05) is 25.9 Å². The summed E-state index contributed by atoms with van der Waals surface area (Å²) in [5, 5.41) is 19.3. The van der Waals surface area contributed by atoms with Crippen molar-refractivity contribution in [2.75, 3.05) is 13.1 Å². The van der Waals surface area contributed by atoms with Crippen LogP contribution in [0.4, 0.5) is 0 Å². The van der Waals surface area contributed by atoms with E-state index in [4.69, 9.17) is 0 Å². The highest BCUT2D eigenvalue weighted by Crippen LogP contribution is 2.42. The number of aliphatic carboxylic acids is 1. The lowest BCUT2D eigenvalue weighted by Crippen LogP contribution is -2.55. The first-order valence-electron chi connectivity index (χ1n) is 9.20. The van der Waals surface area contributed by atoms with Crippen LogP contribution in [0.5, 0.6) is 0 Å². The summed E-state index contributed by atoms with van der Waals surface area (Å²) in [4.78, 5) is 26.5. The van der Waals surface area contributed by atoms with Crippen molar-refractivity contribution >= 4 is 11.9 Å². The number of aliphatic hydroxyl groups is 1. The summed E-state index contributed by atoms with van der Waals surface area (Å²) < 4.78 is 0. The minimum atomic E-state index is -1.69. The normalized spacial score (nSPS) is 22.4. The molecule has 1 saturated heterocycles. The van der Waals surface area contributed by atoms with Gasteiger partial charge in [-0.1, -0.05) is 49.1 Å². The lowest BCUT2D eigenvalue weighted by Gasteiger charge is -2.43. The Labute approximate surface area is 148 Å². The average molecular weight is 345 g/mol. The van der Waals surface area contributed by atoms with Gasteiger partial charge < -0.3 is 15.1 Å². The molecule has 1 amide bonds. The molecule has 2 aliphatic rings. The number of carboxylic acid groups (broad SMARTS) is 1. The second-order valence-electron chi connectivity index (χ2n) is 7.64. The van der Waals surface area contributed by atoms with Gasteiger partial charge in [-0.05, 0) is 25.3 Å². The van der Waals surface area contributed by atoms with E-state index in [-0.39, 0.29) is 18.7 Å². The van der Waals surface area contributed by atoms with Gasteiger partial charge >= 0.3 is 5.97 Å². The Morgan fingerprint density at radius 2 is 1.68 bits per heavy atom. The first-order chi connectivity index (χ1) is 11.9. The average Bonchev–Trinajstić information content (AvgIpc) is 2.62. The summed E-state index contributed by atoms with van der Waals surface area (Å²) in [7, 11) is 0. The molecule has 0 bridgehead atoms. The maximum absolute atomic E-state index is 13.5. The van der Waals surface area contributed by atoms with Crippen molar-refractivity contribution in [3.63, 3.8) is 0 Å². The number of carbonyl (C=O) groups excluding carboxylic acids is 1. The van der Waals surface area contributed by atoms with E-state index in [2.05, 4.69) is 6.07 Å². The van der Waals surface area contributed by atoms with Crippen molar-refractivity contribution in [1.82, 2.24) is 4.90 Å². The van der Waals surface area contributed by atoms with Gasteiger partial charge in [0.05, 0.1) is 5.41 Å². The van der Waals surface area contributed by atoms with Crippen LogP contribution in [-0.2, 0) is 15.0 Å². The van der Waals surface area contributed by atoms with Gasteiger partial charge in [-0.2, -0.15) is 0 Å². The molecule has 0 atom stereocenters. The number of rotatable bonds is 3. The Balaban J connectivity index is 1.85. The van der Waals surface area contributed by atoms with Gasteiger partial charge in [-0.15, -0.1) is 0 Å². The van der Waals surface area contributed by atoms with Gasteiger partial charge in [-0.25, -0.2) is 4.79 Å². The SMILES string of the molecule is Cc1cccc(C2(C(=O)N3CCC(O)(C(=O)O)CC3)CCCCC2)c1. The molecule has 2 N–H and O–H groups in total. The van der Waals surface area contributed by atoms with Crippen LogP contribution in [0.3, 0.4) is 0 Å². The van der Waals surface area contributed by atoms with Crippen LogP contribution in [0.25, 0.3) is 0 Å². The van der Waals surface area contributed by atoms with E-state index in [0.29, 0.717) is 13.1 Å². The fourth-order valence-electron chi connectivity index (χ4n) is 4.32. The number of nitrogens with zero attached hydrogens (tertiary/aromatic N) is 1. The number of aryl methyl sites for hydroxylation is 1. The van der Waals surface area contributed by atoms with Crippen LogP contribution >= 0.6 is 0 Å². The Bertz CT molecular complexity index is 655. The highest BCUT2D eigenvalue weighted by Gasteiger charge is 2.47. The predicted molar refractivity (Wildman–Crippen MR) is 94.3 cm³/mol. The molecule has 1 aromatic carbocycles. The number of hydrogen-bond acceptors (Lipinski definition) is 3. The number of likely N-dealkylation sites (tertiary alicyclic amines) is 1. The topological polar surface area (TPSA) is 77.8 Å². The summed E-state index contributed by atoms with van der Waals surface area (Å²) in [5.74, 6) is -1.09. The van der Waals surface area contributed by atoms with Crippen molar-refractivity contribution in [3.05, 3.63) is 35.4 Å². The molecule has 5 heteroatoms. The van der Waals surface area contributed by atoms with Crippen LogP contribution in [-0.4, -0.2) is 45.7 Å². The number of benzene rings is 1. The number of carbonyl (C=O) groups is 2. The first-order valence-corrected chi connectivity index (χ1v) is 9.20. The van der Waals surface area contributed by atoms with Crippen LogP contribution in [0.1, 0.15) is 56.1 Å². The highest BCUT2D eigenvalue weighted by molar-refractivity contribution is 5.89. The van der Waals surface area contributed by atoms with Crippen molar-refractivity contribution in [3.8, 4) is 0 Å². The van der Waals surface area contributed by atoms with Gasteiger partial charge in [0.2, 0.25) is 5.91 Å². The summed E-state index contributed by atoms with van der Waals surface area (Å²) in [6.45, 7) is 2.64. The fourth-order valence-corrected chi connectivity index (χ4v) is 4.32. The monoisotopic (exact) mass is 345 g/mol. The minimum Gasteiger partial charge on any atom is -0.479 e. The molecule has 136 valence electrons. The van der Waals surface area contributed by atoms with Crippen LogP contribution in [0.2, 0.25) is 0 Å². The summed E-state index contributed by atoms with van der Waals surface area (Å²) >= 11 is 0. The Hall–Kier alpha value is -1.88. The maximum Gasteiger partial charge on any atom is 0.335 e. The molecule has 0 unspecified atom stereocenters. The minimum absolute atomic E-state index is 0.0952. The molecule has 1 aliphatic heterocycles. The molecule has 5 nitrogen and oxygen atoms in total. The van der Waals surface area contributed by atoms with E-state index >= 15 is 0 Å². The molecular weight excluding hydrogens is 318 g/mol. The van der Waals surface area contributed by atoms with Crippen molar-refractivity contribution in [1.29, 1.82) is 0 Å². The van der Waals surface area contributed by atoms with Crippen molar-refractivity contribution < 1.29 is 19.8 Å². The lowest BCUT2D eigenvalue weighted by atomic mass is 9.68. The van der Waals surface area contributed by atoms with Gasteiger partial charge in [0.25, 0.3) is 0 Å². The Morgan fingerprint density at radius 1 is 1.04 bits per heavy atom. The third-order valence-corrected chi connectivity index (χ3v) is 5.96. The van der Waals surface area contributed by atoms with Crippen LogP contribution in [0.15, 0.2) is 24.3 Å². The predicted octanol–water partition coefficient (Wildman–Crippen LogP) is 2.64. The Morgan fingerprint density at radius 3 is 2.24 bits per heavy atom. The third-order valence-electron chi connectivity index (χ3n) is 5.96. The molecule has 25 heavy (non-hydrogen) atoms. The first kappa shape index (κ1) is 17.9. The van der Waals surface area contributed by atoms with Crippen LogP contribution < -0.4 is 0 Å². The molecule has 3 rings (SSSR count). The molecule has 0 aromatic heterocycles. The lowest BCUT2D eigenvalue weighted by molar-refractivity contribution is -0.166. The number of hydrogen-bond donors (Lipinski definition) is 2. The van der Waals surface area contributed by atoms with Crippen molar-refractivity contribution in [2.24, 2.45) is 0 Å². The zero-order valence-corrected chi connectivity index (χ0v) is 14.8. The molecule has 0 spiro atoms. The quantitative estimate of drug-likeness (QED) is 0.883. The van der Waals surface area contributed by atoms with E-state index in [1.807, 2.05) is 25.1 Å². The molecule has 2 fully saturated rings. The largest absolute Gasteiger partial charge is 0.479 e. The zero-order valence-electron chi connectivity index (χ0n) is 14.8. The summed E-state index contributed by atoms with van der Waals surface area (Å²) in [6, 6.07) is 8.21. The molecule has 1 saturated carbocycles. The molecule has 1 aromatic rings. The standard InChI is InChI=1S/C20H27NO4/c1-15-6-5-7-16(14-15)19(8-3-2-4-9-19)17(22)21-12-10-20(25,11-13-21)18(23)24/h5-7,14,25H,2-4,8-13H2,1H3,(H,23,24). The van der Waals surface area contributed by atoms with E-state index in [1.54, 1.807) is 4.90 Å². The molecule has 1 heterocycles. The highest BCUT2D eigenvalue weighted by atomic mass is 16.4. The summed E-state index contributed by atoms with van der Waals surface area (Å²) in [5.41, 5.74) is 0.0356. The fraction of sp³-hybridized carbons (Fsp3) is 0.600. The van der Waals surface area contributed by atoms with Gasteiger partial charge in [0.1, 0.15) is 0 Å². The number of piperidine rings is 1. The smallest absolute Gasteiger partial charge is 0.335 e. The second kappa shape index (κ2) is 6.79. The maximum atomic E-state index is 13.5. The van der Waals surface area contributed by atoms with E-state index in [0.717, 1.165) is 43.2 Å². The van der Waals surface area contributed by atoms with Crippen molar-refractivity contribution in [2.45, 2.75) is 62.9 Å². The molecular formula is C20H27NO4. The molecule has 1 aliphatic carbocycles. The van der Waals surface area contributed by atoms with Gasteiger partial charge in [0.15, 0.2) is 5.60 Å². The second-order valence-corrected chi connectivity index (χ2v) is 7.64. The van der Waals surface area contributed by atoms with E-state index < -0.39 is 17.0 Å². The number of amides is 1. The van der Waals surface area contributed by atoms with E-state index in [9.17, 15) is 19.8 Å². The number of carboxylic acids is 1. The van der Waals surface area contributed by atoms with E-state index in [1.165, 1.54) is 0 Å².